The van der Waals surface area contributed by atoms with E-state index < -0.39 is 4.92 Å². The third kappa shape index (κ3) is 3.04. The Morgan fingerprint density at radius 3 is 2.88 bits per heavy atom. The molecule has 0 aliphatic carbocycles. The monoisotopic (exact) mass is 272 g/mol. The summed E-state index contributed by atoms with van der Waals surface area (Å²) in [5.74, 6) is 1.05. The molecule has 6 heteroatoms. The quantitative estimate of drug-likeness (QED) is 0.675. The average molecular weight is 273 g/mol. The van der Waals surface area contributed by atoms with Crippen molar-refractivity contribution in [1.82, 2.24) is 0 Å². The zero-order valence-electron chi connectivity index (χ0n) is 9.35. The van der Waals surface area contributed by atoms with E-state index in [4.69, 9.17) is 11.6 Å². The van der Waals surface area contributed by atoms with Gasteiger partial charge in [0.2, 0.25) is 0 Å². The molecule has 0 amide bonds. The molecule has 0 saturated carbocycles. The number of thioether (sulfide) groups is 1. The molecule has 0 spiro atoms. The molecule has 1 N–H and O–H groups in total. The first-order valence-electron chi connectivity index (χ1n) is 5.38. The van der Waals surface area contributed by atoms with Crippen LogP contribution in [-0.4, -0.2) is 22.0 Å². The van der Waals surface area contributed by atoms with Gasteiger partial charge in [-0.05, 0) is 12.5 Å². The predicted octanol–water partition coefficient (Wildman–Crippen LogP) is 3.55. The number of nitro benzene ring substituents is 1. The van der Waals surface area contributed by atoms with E-state index in [9.17, 15) is 10.1 Å². The highest BCUT2D eigenvalue weighted by Gasteiger charge is 2.22. The minimum atomic E-state index is -0.441. The molecule has 2 unspecified atom stereocenters. The first kappa shape index (κ1) is 12.5. The zero-order chi connectivity index (χ0) is 12.4. The first-order valence-corrected chi connectivity index (χ1v) is 6.81. The number of hydrogen-bond donors (Lipinski definition) is 1. The van der Waals surface area contributed by atoms with Crippen LogP contribution in [0, 0.1) is 10.1 Å². The number of nitrogens with zero attached hydrogens (tertiary/aromatic N) is 1. The molecule has 17 heavy (non-hydrogen) atoms. The second kappa shape index (κ2) is 5.14. The van der Waals surface area contributed by atoms with Crippen LogP contribution in [0.5, 0.6) is 0 Å². The molecule has 0 bridgehead atoms. The van der Waals surface area contributed by atoms with E-state index in [-0.39, 0.29) is 5.69 Å². The molecule has 1 aromatic rings. The number of benzene rings is 1. The van der Waals surface area contributed by atoms with E-state index in [1.807, 2.05) is 11.8 Å². The molecule has 2 rings (SSSR count). The van der Waals surface area contributed by atoms with Crippen molar-refractivity contribution in [2.75, 3.05) is 11.1 Å². The van der Waals surface area contributed by atoms with E-state index in [0.717, 1.165) is 17.9 Å². The molecular formula is C11H13ClN2O2S. The number of nitrogens with one attached hydrogen (secondary N) is 1. The molecule has 1 heterocycles. The zero-order valence-corrected chi connectivity index (χ0v) is 10.9. The Morgan fingerprint density at radius 2 is 2.35 bits per heavy atom. The van der Waals surface area contributed by atoms with Gasteiger partial charge in [0.15, 0.2) is 0 Å². The lowest BCUT2D eigenvalue weighted by Gasteiger charge is -2.14. The molecule has 0 aromatic heterocycles. The molecule has 1 aliphatic rings. The van der Waals surface area contributed by atoms with Crippen LogP contribution in [0.3, 0.4) is 0 Å². The van der Waals surface area contributed by atoms with Gasteiger partial charge in [0.1, 0.15) is 0 Å². The van der Waals surface area contributed by atoms with Gasteiger partial charge in [0.05, 0.1) is 15.6 Å². The number of hydrogen-bond acceptors (Lipinski definition) is 4. The van der Waals surface area contributed by atoms with Crippen LogP contribution in [0.15, 0.2) is 18.2 Å². The summed E-state index contributed by atoms with van der Waals surface area (Å²) in [4.78, 5) is 10.1. The van der Waals surface area contributed by atoms with Gasteiger partial charge in [-0.25, -0.2) is 0 Å². The van der Waals surface area contributed by atoms with Crippen LogP contribution in [0.4, 0.5) is 11.4 Å². The number of non-ortho nitro benzene ring substituents is 1. The number of anilines is 1. The van der Waals surface area contributed by atoms with Gasteiger partial charge in [-0.3, -0.25) is 10.1 Å². The van der Waals surface area contributed by atoms with E-state index in [1.54, 1.807) is 6.07 Å². The largest absolute Gasteiger partial charge is 0.380 e. The molecule has 1 aliphatic heterocycles. The fourth-order valence-corrected chi connectivity index (χ4v) is 3.25. The topological polar surface area (TPSA) is 55.2 Å². The number of halogens is 1. The molecule has 1 aromatic carbocycles. The summed E-state index contributed by atoms with van der Waals surface area (Å²) in [6.45, 7) is 2.20. The highest BCUT2D eigenvalue weighted by atomic mass is 35.5. The van der Waals surface area contributed by atoms with E-state index in [0.29, 0.717) is 16.3 Å². The lowest BCUT2D eigenvalue weighted by atomic mass is 10.2. The maximum absolute atomic E-state index is 10.6. The lowest BCUT2D eigenvalue weighted by Crippen LogP contribution is -2.19. The molecule has 92 valence electrons. The van der Waals surface area contributed by atoms with Crippen molar-refractivity contribution >= 4 is 34.7 Å². The number of rotatable bonds is 3. The minimum Gasteiger partial charge on any atom is -0.380 e. The summed E-state index contributed by atoms with van der Waals surface area (Å²) in [5.41, 5.74) is 0.798. The van der Waals surface area contributed by atoms with Crippen LogP contribution >= 0.6 is 23.4 Å². The number of nitro groups is 1. The Kier molecular flexibility index (Phi) is 3.79. The van der Waals surface area contributed by atoms with Crippen LogP contribution in [0.2, 0.25) is 5.02 Å². The van der Waals surface area contributed by atoms with Crippen LogP contribution < -0.4 is 5.32 Å². The highest BCUT2D eigenvalue weighted by Crippen LogP contribution is 2.32. The van der Waals surface area contributed by atoms with Crippen molar-refractivity contribution in [3.05, 3.63) is 33.3 Å². The molecule has 1 saturated heterocycles. The van der Waals surface area contributed by atoms with Crippen molar-refractivity contribution < 1.29 is 4.92 Å². The van der Waals surface area contributed by atoms with E-state index >= 15 is 0 Å². The Bertz CT molecular complexity index is 441. The van der Waals surface area contributed by atoms with Crippen LogP contribution in [-0.2, 0) is 0 Å². The van der Waals surface area contributed by atoms with Crippen LogP contribution in [0.1, 0.15) is 13.3 Å². The summed E-state index contributed by atoms with van der Waals surface area (Å²) in [5, 5.41) is 15.0. The van der Waals surface area contributed by atoms with Crippen molar-refractivity contribution in [3.63, 3.8) is 0 Å². The summed E-state index contributed by atoms with van der Waals surface area (Å²) < 4.78 is 0. The Labute approximate surface area is 109 Å². The van der Waals surface area contributed by atoms with Gasteiger partial charge < -0.3 is 5.32 Å². The Hall–Kier alpha value is -0.940. The van der Waals surface area contributed by atoms with Crippen molar-refractivity contribution in [1.29, 1.82) is 0 Å². The third-order valence-corrected chi connectivity index (χ3v) is 4.39. The maximum atomic E-state index is 10.6. The molecule has 1 fully saturated rings. The van der Waals surface area contributed by atoms with Crippen molar-refractivity contribution in [2.45, 2.75) is 24.6 Å². The minimum absolute atomic E-state index is 0.0229. The predicted molar refractivity (Wildman–Crippen MR) is 72.1 cm³/mol. The Morgan fingerprint density at radius 1 is 1.59 bits per heavy atom. The molecule has 2 atom stereocenters. The van der Waals surface area contributed by atoms with E-state index in [2.05, 4.69) is 12.2 Å². The van der Waals surface area contributed by atoms with Crippen molar-refractivity contribution in [3.8, 4) is 0 Å². The highest BCUT2D eigenvalue weighted by molar-refractivity contribution is 8.00. The van der Waals surface area contributed by atoms with Gasteiger partial charge in [0, 0.05) is 29.2 Å². The molecule has 0 radical (unpaired) electrons. The van der Waals surface area contributed by atoms with Gasteiger partial charge in [-0.15, -0.1) is 0 Å². The lowest BCUT2D eigenvalue weighted by molar-refractivity contribution is -0.384. The summed E-state index contributed by atoms with van der Waals surface area (Å²) in [6, 6.07) is 4.93. The van der Waals surface area contributed by atoms with Gasteiger partial charge >= 0.3 is 0 Å². The van der Waals surface area contributed by atoms with Crippen LogP contribution in [0.25, 0.3) is 0 Å². The smallest absolute Gasteiger partial charge is 0.271 e. The van der Waals surface area contributed by atoms with Gasteiger partial charge in [0.25, 0.3) is 5.69 Å². The fourth-order valence-electron chi connectivity index (χ4n) is 1.87. The summed E-state index contributed by atoms with van der Waals surface area (Å²) in [6.07, 6.45) is 1.10. The summed E-state index contributed by atoms with van der Waals surface area (Å²) >= 11 is 7.94. The normalized spacial score (nSPS) is 23.6. The van der Waals surface area contributed by atoms with Gasteiger partial charge in [-0.2, -0.15) is 11.8 Å². The third-order valence-electron chi connectivity index (χ3n) is 2.72. The first-order chi connectivity index (χ1) is 8.06. The maximum Gasteiger partial charge on any atom is 0.271 e. The second-order valence-corrected chi connectivity index (χ2v) is 6.02. The molecule has 4 nitrogen and oxygen atoms in total. The second-order valence-electron chi connectivity index (χ2n) is 4.14. The SMILES string of the molecule is CC1CC(Nc2ccc([N+](=O)[O-])cc2Cl)CS1. The van der Waals surface area contributed by atoms with Gasteiger partial charge in [-0.1, -0.05) is 18.5 Å². The standard InChI is InChI=1S/C11H13ClN2O2S/c1-7-4-8(6-17-7)13-11-3-2-9(14(15)16)5-10(11)12/h2-3,5,7-8,13H,4,6H2,1H3. The average Bonchev–Trinajstić information content (AvgIpc) is 2.67. The molecular weight excluding hydrogens is 260 g/mol. The summed E-state index contributed by atoms with van der Waals surface area (Å²) in [7, 11) is 0. The van der Waals surface area contributed by atoms with Crippen molar-refractivity contribution in [2.24, 2.45) is 0 Å². The Balaban J connectivity index is 2.09. The van der Waals surface area contributed by atoms with E-state index in [1.165, 1.54) is 12.1 Å². The fraction of sp³-hybridized carbons (Fsp3) is 0.455.